The molecule has 2 aromatic rings. The summed E-state index contributed by atoms with van der Waals surface area (Å²) in [7, 11) is 0. The first-order chi connectivity index (χ1) is 7.31. The molecule has 0 fully saturated rings. The molecule has 0 aromatic carbocycles. The zero-order valence-electron chi connectivity index (χ0n) is 9.25. The Hall–Kier alpha value is -1.35. The number of nitrogens with zero attached hydrogens (tertiary/aromatic N) is 1. The van der Waals surface area contributed by atoms with Gasteiger partial charge in [-0.05, 0) is 31.1 Å². The third-order valence-electron chi connectivity index (χ3n) is 2.24. The van der Waals surface area contributed by atoms with Gasteiger partial charge in [0.1, 0.15) is 0 Å². The lowest BCUT2D eigenvalue weighted by atomic mass is 10.1. The second kappa shape index (κ2) is 4.24. The first-order valence-electron chi connectivity index (χ1n) is 5.44. The van der Waals surface area contributed by atoms with Gasteiger partial charge in [-0.1, -0.05) is 6.92 Å². The Labute approximate surface area is 85.0 Å². The summed E-state index contributed by atoms with van der Waals surface area (Å²) in [5, 5.41) is 4.25. The molecule has 2 N–H and O–H groups in total. The number of aryl methyl sites for hydroxylation is 1. The molecule has 1 atom stereocenters. The zero-order valence-corrected chi connectivity index (χ0v) is 8.25. The Morgan fingerprint density at radius 2 is 2.57 bits per heavy atom. The lowest BCUT2D eigenvalue weighted by Crippen LogP contribution is -2.15. The monoisotopic (exact) mass is 190 g/mol. The summed E-state index contributed by atoms with van der Waals surface area (Å²) in [4.78, 5) is 7.21. The number of hydrogen-bond donors (Lipinski definition) is 2. The lowest BCUT2D eigenvalue weighted by Gasteiger charge is -1.99. The van der Waals surface area contributed by atoms with Crippen LogP contribution < -0.4 is 5.32 Å². The van der Waals surface area contributed by atoms with Crippen LogP contribution in [-0.4, -0.2) is 23.0 Å². The molecule has 0 aliphatic carbocycles. The van der Waals surface area contributed by atoms with E-state index in [-0.39, 0.29) is 6.52 Å². The Kier molecular flexibility index (Phi) is 2.42. The molecule has 2 heterocycles. The maximum absolute atomic E-state index is 7.78. The summed E-state index contributed by atoms with van der Waals surface area (Å²) in [6.07, 6.45) is 6.28. The van der Waals surface area contributed by atoms with Crippen molar-refractivity contribution in [1.82, 2.24) is 15.3 Å². The summed E-state index contributed by atoms with van der Waals surface area (Å²) in [5.41, 5.74) is 2.21. The van der Waals surface area contributed by atoms with Crippen molar-refractivity contribution in [2.24, 2.45) is 0 Å². The van der Waals surface area contributed by atoms with Gasteiger partial charge in [-0.2, -0.15) is 0 Å². The Balaban J connectivity index is 2.21. The van der Waals surface area contributed by atoms with E-state index in [1.807, 2.05) is 25.4 Å². The number of fused-ring (bicyclic) bond motifs is 1. The zero-order chi connectivity index (χ0) is 10.7. The van der Waals surface area contributed by atoms with E-state index < -0.39 is 0 Å². The van der Waals surface area contributed by atoms with Crippen LogP contribution in [0.2, 0.25) is 0 Å². The third kappa shape index (κ3) is 1.77. The molecule has 0 aliphatic heterocycles. The smallest absolute Gasteiger partial charge is 0.0643 e. The van der Waals surface area contributed by atoms with Crippen LogP contribution in [0.15, 0.2) is 24.7 Å². The average Bonchev–Trinajstić information content (AvgIpc) is 2.62. The predicted octanol–water partition coefficient (Wildman–Crippen LogP) is 1.71. The van der Waals surface area contributed by atoms with E-state index in [0.29, 0.717) is 0 Å². The predicted molar refractivity (Wildman–Crippen MR) is 58.3 cm³/mol. The summed E-state index contributed by atoms with van der Waals surface area (Å²) < 4.78 is 7.78. The van der Waals surface area contributed by atoms with Crippen molar-refractivity contribution in [2.75, 3.05) is 13.1 Å². The van der Waals surface area contributed by atoms with Gasteiger partial charge in [0.2, 0.25) is 0 Å². The molecule has 0 spiro atoms. The highest BCUT2D eigenvalue weighted by Gasteiger charge is 2.01. The van der Waals surface area contributed by atoms with E-state index in [4.69, 9.17) is 1.37 Å². The number of aromatic nitrogens is 2. The topological polar surface area (TPSA) is 40.7 Å². The van der Waals surface area contributed by atoms with Crippen LogP contribution in [0.5, 0.6) is 0 Å². The van der Waals surface area contributed by atoms with Gasteiger partial charge in [0.05, 0.1) is 11.7 Å². The highest BCUT2D eigenvalue weighted by molar-refractivity contribution is 5.82. The molecule has 0 saturated carbocycles. The molecule has 3 nitrogen and oxygen atoms in total. The van der Waals surface area contributed by atoms with Gasteiger partial charge in [-0.15, -0.1) is 0 Å². The van der Waals surface area contributed by atoms with E-state index in [9.17, 15) is 0 Å². The van der Waals surface area contributed by atoms with Gasteiger partial charge in [-0.25, -0.2) is 0 Å². The molecule has 14 heavy (non-hydrogen) atoms. The van der Waals surface area contributed by atoms with Crippen LogP contribution in [0.4, 0.5) is 0 Å². The van der Waals surface area contributed by atoms with Crippen molar-refractivity contribution < 1.29 is 1.37 Å². The molecule has 2 rings (SSSR count). The minimum Gasteiger partial charge on any atom is -0.360 e. The number of hydrogen-bond acceptors (Lipinski definition) is 2. The van der Waals surface area contributed by atoms with Crippen LogP contribution >= 0.6 is 0 Å². The fraction of sp³-hybridized carbons (Fsp3) is 0.364. The molecule has 74 valence electrons. The minimum atomic E-state index is -0.234. The summed E-state index contributed by atoms with van der Waals surface area (Å²) in [6.45, 7) is 2.61. The maximum atomic E-state index is 7.78. The number of rotatable bonds is 4. The summed E-state index contributed by atoms with van der Waals surface area (Å²) in [6, 6.07) is 1.99. The molecular formula is C11H15N3. The molecule has 0 aliphatic rings. The number of nitrogens with one attached hydrogen (secondary N) is 2. The summed E-state index contributed by atoms with van der Waals surface area (Å²) >= 11 is 0. The number of H-pyrrole nitrogens is 1. The first kappa shape index (κ1) is 8.00. The van der Waals surface area contributed by atoms with Crippen molar-refractivity contribution in [3.05, 3.63) is 30.2 Å². The Bertz CT molecular complexity index is 438. The molecule has 1 unspecified atom stereocenters. The standard InChI is InChI=1S/C11H15N3/c1-2-12-5-3-9-7-14-11-8-13-6-4-10(9)11/h4,6-8,12,14H,2-3,5H2,1H3/i5D. The number of likely N-dealkylation sites (N-methyl/N-ethyl adjacent to an activating group) is 1. The largest absolute Gasteiger partial charge is 0.360 e. The van der Waals surface area contributed by atoms with E-state index >= 15 is 0 Å². The van der Waals surface area contributed by atoms with Crippen LogP contribution in [-0.2, 0) is 6.42 Å². The highest BCUT2D eigenvalue weighted by Crippen LogP contribution is 2.16. The molecule has 3 heteroatoms. The quantitative estimate of drug-likeness (QED) is 0.770. The van der Waals surface area contributed by atoms with Gasteiger partial charge in [0.25, 0.3) is 0 Å². The van der Waals surface area contributed by atoms with Crippen LogP contribution in [0.1, 0.15) is 13.9 Å². The van der Waals surface area contributed by atoms with Gasteiger partial charge in [-0.3, -0.25) is 4.98 Å². The number of aromatic amines is 1. The second-order valence-corrected chi connectivity index (χ2v) is 3.20. The highest BCUT2D eigenvalue weighted by atomic mass is 14.8. The fourth-order valence-corrected chi connectivity index (χ4v) is 1.53. The molecule has 0 radical (unpaired) electrons. The van der Waals surface area contributed by atoms with E-state index in [1.54, 1.807) is 6.20 Å². The number of pyridine rings is 1. The third-order valence-corrected chi connectivity index (χ3v) is 2.24. The molecule has 0 amide bonds. The van der Waals surface area contributed by atoms with Gasteiger partial charge in [0.15, 0.2) is 0 Å². The van der Waals surface area contributed by atoms with E-state index in [0.717, 1.165) is 18.5 Å². The maximum Gasteiger partial charge on any atom is 0.0643 e. The second-order valence-electron chi connectivity index (χ2n) is 3.20. The van der Waals surface area contributed by atoms with Crippen LogP contribution in [0, 0.1) is 0 Å². The minimum absolute atomic E-state index is 0.234. The fourth-order valence-electron chi connectivity index (χ4n) is 1.53. The van der Waals surface area contributed by atoms with Crippen molar-refractivity contribution in [3.8, 4) is 0 Å². The molecule has 0 saturated heterocycles. The molecule has 0 bridgehead atoms. The normalized spacial score (nSPS) is 14.2. The van der Waals surface area contributed by atoms with E-state index in [2.05, 4.69) is 15.3 Å². The van der Waals surface area contributed by atoms with Crippen molar-refractivity contribution >= 4 is 10.9 Å². The molecule has 2 aromatic heterocycles. The van der Waals surface area contributed by atoms with E-state index in [1.165, 1.54) is 10.9 Å². The Morgan fingerprint density at radius 1 is 1.64 bits per heavy atom. The van der Waals surface area contributed by atoms with Crippen LogP contribution in [0.25, 0.3) is 10.9 Å². The SMILES string of the molecule is [2H]C(Cc1c[nH]c2cnccc12)NCC. The molecular weight excluding hydrogens is 174 g/mol. The Morgan fingerprint density at radius 3 is 3.43 bits per heavy atom. The average molecular weight is 190 g/mol. The lowest BCUT2D eigenvalue weighted by molar-refractivity contribution is 0.718. The van der Waals surface area contributed by atoms with Gasteiger partial charge < -0.3 is 10.3 Å². The first-order valence-corrected chi connectivity index (χ1v) is 4.87. The summed E-state index contributed by atoms with van der Waals surface area (Å²) in [5.74, 6) is 0. The van der Waals surface area contributed by atoms with Crippen molar-refractivity contribution in [2.45, 2.75) is 13.3 Å². The van der Waals surface area contributed by atoms with Gasteiger partial charge in [0, 0.05) is 19.2 Å². The van der Waals surface area contributed by atoms with Gasteiger partial charge >= 0.3 is 0 Å². The van der Waals surface area contributed by atoms with Crippen molar-refractivity contribution in [3.63, 3.8) is 0 Å². The van der Waals surface area contributed by atoms with Crippen LogP contribution in [0.3, 0.4) is 0 Å². The van der Waals surface area contributed by atoms with Crippen molar-refractivity contribution in [1.29, 1.82) is 0 Å².